The van der Waals surface area contributed by atoms with Crippen LogP contribution < -0.4 is 5.32 Å². The van der Waals surface area contributed by atoms with Gasteiger partial charge in [-0.3, -0.25) is 4.79 Å². The summed E-state index contributed by atoms with van der Waals surface area (Å²) in [6.07, 6.45) is 2.33. The van der Waals surface area contributed by atoms with E-state index in [0.29, 0.717) is 11.8 Å². The van der Waals surface area contributed by atoms with Gasteiger partial charge in [-0.15, -0.1) is 5.92 Å². The van der Waals surface area contributed by atoms with Crippen LogP contribution in [0.2, 0.25) is 0 Å². The highest BCUT2D eigenvalue weighted by Gasteiger charge is 2.17. The number of likely N-dealkylation sites (tertiary alicyclic amines) is 1. The first kappa shape index (κ1) is 16.0. The van der Waals surface area contributed by atoms with Crippen LogP contribution in [0.15, 0.2) is 0 Å². The monoisotopic (exact) mass is 264 g/mol. The first-order valence-corrected chi connectivity index (χ1v) is 7.50. The molecule has 0 unspecified atom stereocenters. The summed E-state index contributed by atoms with van der Waals surface area (Å²) in [6, 6.07) is 0. The predicted molar refractivity (Wildman–Crippen MR) is 79.6 cm³/mol. The van der Waals surface area contributed by atoms with Gasteiger partial charge in [0.15, 0.2) is 0 Å². The second kappa shape index (κ2) is 8.22. The molecule has 0 aromatic rings. The van der Waals surface area contributed by atoms with Crippen molar-refractivity contribution < 1.29 is 4.79 Å². The van der Waals surface area contributed by atoms with Crippen molar-refractivity contribution >= 4 is 5.91 Å². The van der Waals surface area contributed by atoms with Crippen LogP contribution in [-0.4, -0.2) is 37.0 Å². The van der Waals surface area contributed by atoms with Crippen molar-refractivity contribution in [3.8, 4) is 11.8 Å². The number of piperidine rings is 1. The van der Waals surface area contributed by atoms with Gasteiger partial charge in [0.05, 0.1) is 0 Å². The smallest absolute Gasteiger partial charge is 0.222 e. The average Bonchev–Trinajstić information content (AvgIpc) is 2.37. The Morgan fingerprint density at radius 1 is 1.26 bits per heavy atom. The maximum Gasteiger partial charge on any atom is 0.222 e. The van der Waals surface area contributed by atoms with Gasteiger partial charge in [-0.1, -0.05) is 33.6 Å². The zero-order valence-electron chi connectivity index (χ0n) is 12.8. The van der Waals surface area contributed by atoms with E-state index in [1.165, 1.54) is 0 Å². The third-order valence-corrected chi connectivity index (χ3v) is 3.42. The normalized spacial score (nSPS) is 17.4. The van der Waals surface area contributed by atoms with Crippen molar-refractivity contribution in [2.24, 2.45) is 17.8 Å². The molecule has 1 heterocycles. The second-order valence-electron chi connectivity index (χ2n) is 6.01. The highest BCUT2D eigenvalue weighted by atomic mass is 16.1. The highest BCUT2D eigenvalue weighted by molar-refractivity contribution is 5.77. The molecule has 0 aromatic carbocycles. The van der Waals surface area contributed by atoms with E-state index in [0.717, 1.165) is 39.0 Å². The van der Waals surface area contributed by atoms with Crippen LogP contribution in [0.1, 0.15) is 40.5 Å². The van der Waals surface area contributed by atoms with Crippen molar-refractivity contribution in [2.75, 3.05) is 26.2 Å². The van der Waals surface area contributed by atoms with Crippen LogP contribution in [0.25, 0.3) is 0 Å². The van der Waals surface area contributed by atoms with E-state index in [4.69, 9.17) is 0 Å². The van der Waals surface area contributed by atoms with Gasteiger partial charge >= 0.3 is 0 Å². The summed E-state index contributed by atoms with van der Waals surface area (Å²) in [6.45, 7) is 12.1. The maximum atomic E-state index is 11.4. The molecule has 108 valence electrons. The molecule has 1 aliphatic heterocycles. The molecule has 1 amide bonds. The second-order valence-corrected chi connectivity index (χ2v) is 6.01. The van der Waals surface area contributed by atoms with Crippen LogP contribution in [0.3, 0.4) is 0 Å². The van der Waals surface area contributed by atoms with E-state index < -0.39 is 0 Å². The molecular formula is C16H28N2O. The minimum Gasteiger partial charge on any atom is -0.355 e. The molecule has 0 spiro atoms. The fraction of sp³-hybridized carbons (Fsp3) is 0.812. The van der Waals surface area contributed by atoms with E-state index in [2.05, 4.69) is 35.9 Å². The van der Waals surface area contributed by atoms with Crippen LogP contribution in [0.5, 0.6) is 0 Å². The lowest BCUT2D eigenvalue weighted by atomic mass is 9.97. The van der Waals surface area contributed by atoms with Gasteiger partial charge in [-0.2, -0.15) is 0 Å². The first-order chi connectivity index (χ1) is 8.99. The number of carbonyl (C=O) groups excluding carboxylic acids is 1. The highest BCUT2D eigenvalue weighted by Crippen LogP contribution is 2.15. The Morgan fingerprint density at radius 3 is 2.42 bits per heavy atom. The van der Waals surface area contributed by atoms with Crippen LogP contribution >= 0.6 is 0 Å². The van der Waals surface area contributed by atoms with Gasteiger partial charge in [-0.25, -0.2) is 0 Å². The van der Waals surface area contributed by atoms with Gasteiger partial charge in [0.1, 0.15) is 0 Å². The van der Waals surface area contributed by atoms with Crippen LogP contribution in [-0.2, 0) is 4.79 Å². The Hall–Kier alpha value is -1.01. The summed E-state index contributed by atoms with van der Waals surface area (Å²) < 4.78 is 0. The van der Waals surface area contributed by atoms with E-state index >= 15 is 0 Å². The minimum atomic E-state index is 0.0806. The number of hydrogen-bond acceptors (Lipinski definition) is 2. The zero-order valence-corrected chi connectivity index (χ0v) is 12.8. The van der Waals surface area contributed by atoms with E-state index in [1.807, 2.05) is 13.8 Å². The molecule has 3 heteroatoms. The molecule has 3 nitrogen and oxygen atoms in total. The average molecular weight is 264 g/mol. The summed E-state index contributed by atoms with van der Waals surface area (Å²) in [4.78, 5) is 13.9. The lowest BCUT2D eigenvalue weighted by Gasteiger charge is -2.29. The molecule has 0 saturated carbocycles. The summed E-state index contributed by atoms with van der Waals surface area (Å²) in [5.41, 5.74) is 0. The van der Waals surface area contributed by atoms with E-state index in [1.54, 1.807) is 0 Å². The quantitative estimate of drug-likeness (QED) is 0.789. The summed E-state index contributed by atoms with van der Waals surface area (Å²) in [5, 5.41) is 2.97. The van der Waals surface area contributed by atoms with Crippen molar-refractivity contribution in [1.82, 2.24) is 10.2 Å². The lowest BCUT2D eigenvalue weighted by Crippen LogP contribution is -2.40. The summed E-state index contributed by atoms with van der Waals surface area (Å²) >= 11 is 0. The van der Waals surface area contributed by atoms with E-state index in [9.17, 15) is 4.79 Å². The Balaban J connectivity index is 2.17. The lowest BCUT2D eigenvalue weighted by molar-refractivity contribution is -0.124. The number of hydrogen-bond donors (Lipinski definition) is 1. The van der Waals surface area contributed by atoms with Gasteiger partial charge in [0, 0.05) is 30.8 Å². The molecule has 0 bridgehead atoms. The fourth-order valence-corrected chi connectivity index (χ4v) is 2.13. The molecule has 0 aromatic heterocycles. The van der Waals surface area contributed by atoms with Gasteiger partial charge in [-0.05, 0) is 25.9 Å². The van der Waals surface area contributed by atoms with Gasteiger partial charge in [0.2, 0.25) is 5.91 Å². The molecule has 19 heavy (non-hydrogen) atoms. The molecule has 1 aliphatic rings. The molecule has 0 atom stereocenters. The van der Waals surface area contributed by atoms with Gasteiger partial charge in [0.25, 0.3) is 0 Å². The zero-order chi connectivity index (χ0) is 14.3. The third-order valence-electron chi connectivity index (χ3n) is 3.42. The summed E-state index contributed by atoms with van der Waals surface area (Å²) in [7, 11) is 0. The third kappa shape index (κ3) is 6.63. The number of carbonyl (C=O) groups is 1. The number of rotatable bonds is 4. The van der Waals surface area contributed by atoms with Crippen LogP contribution in [0.4, 0.5) is 0 Å². The standard InChI is InChI=1S/C16H28N2O/c1-13(2)5-6-15-7-10-18(11-8-15)12-9-17-16(19)14(3)4/h13-15H,7-12H2,1-4H3,(H,17,19). The Morgan fingerprint density at radius 2 is 1.89 bits per heavy atom. The summed E-state index contributed by atoms with van der Waals surface area (Å²) in [5.74, 6) is 7.94. The fourth-order valence-electron chi connectivity index (χ4n) is 2.13. The number of nitrogens with one attached hydrogen (secondary N) is 1. The van der Waals surface area contributed by atoms with Crippen molar-refractivity contribution in [2.45, 2.75) is 40.5 Å². The van der Waals surface area contributed by atoms with Crippen molar-refractivity contribution in [3.63, 3.8) is 0 Å². The Bertz CT molecular complexity index is 330. The molecule has 0 aliphatic carbocycles. The molecule has 1 fully saturated rings. The molecule has 1 N–H and O–H groups in total. The van der Waals surface area contributed by atoms with Crippen LogP contribution in [0, 0.1) is 29.6 Å². The Kier molecular flexibility index (Phi) is 6.94. The molecule has 0 radical (unpaired) electrons. The number of nitrogens with zero attached hydrogens (tertiary/aromatic N) is 1. The molecule has 1 rings (SSSR count). The number of amides is 1. The largest absolute Gasteiger partial charge is 0.355 e. The maximum absolute atomic E-state index is 11.4. The minimum absolute atomic E-state index is 0.0806. The van der Waals surface area contributed by atoms with Crippen molar-refractivity contribution in [3.05, 3.63) is 0 Å². The SMILES string of the molecule is CC(C)C#CC1CCN(CCNC(=O)C(C)C)CC1. The van der Waals surface area contributed by atoms with E-state index in [-0.39, 0.29) is 11.8 Å². The van der Waals surface area contributed by atoms with Gasteiger partial charge < -0.3 is 10.2 Å². The predicted octanol–water partition coefficient (Wildman–Crippen LogP) is 2.13. The molecular weight excluding hydrogens is 236 g/mol. The van der Waals surface area contributed by atoms with Crippen molar-refractivity contribution in [1.29, 1.82) is 0 Å². The molecule has 1 saturated heterocycles. The first-order valence-electron chi connectivity index (χ1n) is 7.50. The topological polar surface area (TPSA) is 32.3 Å². The Labute approximate surface area is 118 Å².